The average molecular weight is 374 g/mol. The van der Waals surface area contributed by atoms with Crippen LogP contribution in [0.15, 0.2) is 30.3 Å². The van der Waals surface area contributed by atoms with Crippen molar-refractivity contribution in [2.45, 2.75) is 25.8 Å². The number of hydrogen-bond donors (Lipinski definition) is 1. The lowest BCUT2D eigenvalue weighted by Gasteiger charge is -2.31. The summed E-state index contributed by atoms with van der Waals surface area (Å²) in [5.41, 5.74) is 1.82. The molecule has 0 fully saturated rings. The molecule has 0 aliphatic carbocycles. The van der Waals surface area contributed by atoms with Crippen LogP contribution in [-0.4, -0.2) is 25.8 Å². The fourth-order valence-corrected chi connectivity index (χ4v) is 3.62. The van der Waals surface area contributed by atoms with E-state index in [1.54, 1.807) is 4.90 Å². The van der Waals surface area contributed by atoms with E-state index in [-0.39, 0.29) is 25.3 Å². The Labute approximate surface area is 155 Å². The molecule has 2 aromatic carbocycles. The normalized spacial score (nSPS) is 16.0. The molecule has 0 saturated carbocycles. The van der Waals surface area contributed by atoms with Crippen LogP contribution in [0.4, 0.5) is 14.5 Å². The Morgan fingerprint density at radius 1 is 1.22 bits per heavy atom. The quantitative estimate of drug-likeness (QED) is 0.892. The van der Waals surface area contributed by atoms with Gasteiger partial charge in [0.2, 0.25) is 12.7 Å². The van der Waals surface area contributed by atoms with Gasteiger partial charge < -0.3 is 19.7 Å². The number of ether oxygens (including phenoxy) is 2. The summed E-state index contributed by atoms with van der Waals surface area (Å²) in [7, 11) is 0. The summed E-state index contributed by atoms with van der Waals surface area (Å²) in [4.78, 5) is 14.2. The number of benzene rings is 2. The SMILES string of the molecule is CC(NC(=O)CN1CCCc2cc(F)cc(F)c21)c1ccc2c(c1)OCO2. The number of aryl methyl sites for hydroxylation is 1. The third kappa shape index (κ3) is 3.54. The zero-order valence-corrected chi connectivity index (χ0v) is 14.9. The molecule has 0 saturated heterocycles. The van der Waals surface area contributed by atoms with Crippen molar-refractivity contribution in [1.29, 1.82) is 0 Å². The molecule has 142 valence electrons. The van der Waals surface area contributed by atoms with E-state index in [0.29, 0.717) is 35.7 Å². The molecule has 0 radical (unpaired) electrons. The highest BCUT2D eigenvalue weighted by atomic mass is 19.1. The maximum absolute atomic E-state index is 14.2. The van der Waals surface area contributed by atoms with E-state index in [1.807, 2.05) is 25.1 Å². The van der Waals surface area contributed by atoms with E-state index in [2.05, 4.69) is 5.32 Å². The number of amides is 1. The Morgan fingerprint density at radius 2 is 2.04 bits per heavy atom. The summed E-state index contributed by atoms with van der Waals surface area (Å²) in [6.07, 6.45) is 1.36. The van der Waals surface area contributed by atoms with Gasteiger partial charge in [-0.05, 0) is 49.1 Å². The molecular weight excluding hydrogens is 354 g/mol. The second-order valence-corrected chi connectivity index (χ2v) is 6.82. The molecule has 1 unspecified atom stereocenters. The Hall–Kier alpha value is -2.83. The fourth-order valence-electron chi connectivity index (χ4n) is 3.62. The first kappa shape index (κ1) is 17.6. The van der Waals surface area contributed by atoms with Crippen molar-refractivity contribution >= 4 is 11.6 Å². The Morgan fingerprint density at radius 3 is 2.89 bits per heavy atom. The van der Waals surface area contributed by atoms with Gasteiger partial charge >= 0.3 is 0 Å². The Bertz CT molecular complexity index is 888. The summed E-state index contributed by atoms with van der Waals surface area (Å²) >= 11 is 0. The van der Waals surface area contributed by atoms with Crippen LogP contribution in [0.5, 0.6) is 11.5 Å². The molecule has 0 spiro atoms. The Balaban J connectivity index is 1.45. The highest BCUT2D eigenvalue weighted by molar-refractivity contribution is 5.82. The van der Waals surface area contributed by atoms with Gasteiger partial charge in [-0.25, -0.2) is 8.78 Å². The predicted octanol–water partition coefficient (Wildman–Crippen LogP) is 3.32. The Kier molecular flexibility index (Phi) is 4.59. The third-order valence-corrected chi connectivity index (χ3v) is 4.91. The first-order chi connectivity index (χ1) is 13.0. The molecule has 0 aromatic heterocycles. The van der Waals surface area contributed by atoms with Crippen LogP contribution in [0.3, 0.4) is 0 Å². The number of anilines is 1. The van der Waals surface area contributed by atoms with Gasteiger partial charge in [0.25, 0.3) is 0 Å². The van der Waals surface area contributed by atoms with E-state index in [1.165, 1.54) is 6.07 Å². The molecular formula is C20H20F2N2O3. The molecule has 0 bridgehead atoms. The van der Waals surface area contributed by atoms with Crippen molar-refractivity contribution in [3.05, 3.63) is 53.1 Å². The fraction of sp³-hybridized carbons (Fsp3) is 0.350. The number of carbonyl (C=O) groups is 1. The van der Waals surface area contributed by atoms with Crippen molar-refractivity contribution in [3.8, 4) is 11.5 Å². The van der Waals surface area contributed by atoms with Crippen LogP contribution in [0.25, 0.3) is 0 Å². The molecule has 27 heavy (non-hydrogen) atoms. The smallest absolute Gasteiger partial charge is 0.239 e. The molecule has 2 aromatic rings. The van der Waals surface area contributed by atoms with E-state index in [0.717, 1.165) is 18.1 Å². The van der Waals surface area contributed by atoms with Gasteiger partial charge in [-0.15, -0.1) is 0 Å². The molecule has 1 amide bonds. The summed E-state index contributed by atoms with van der Waals surface area (Å²) in [5.74, 6) is -0.0976. The van der Waals surface area contributed by atoms with Crippen LogP contribution < -0.4 is 19.7 Å². The molecule has 1 N–H and O–H groups in total. The number of rotatable bonds is 4. The maximum atomic E-state index is 14.2. The molecule has 5 nitrogen and oxygen atoms in total. The summed E-state index contributed by atoms with van der Waals surface area (Å²) in [6.45, 7) is 2.64. The largest absolute Gasteiger partial charge is 0.454 e. The lowest BCUT2D eigenvalue weighted by molar-refractivity contribution is -0.120. The van der Waals surface area contributed by atoms with Gasteiger partial charge in [-0.1, -0.05) is 6.07 Å². The lowest BCUT2D eigenvalue weighted by atomic mass is 10.0. The van der Waals surface area contributed by atoms with Gasteiger partial charge in [0.15, 0.2) is 11.5 Å². The van der Waals surface area contributed by atoms with Crippen LogP contribution in [0, 0.1) is 11.6 Å². The number of halogens is 2. The van der Waals surface area contributed by atoms with Crippen molar-refractivity contribution < 1.29 is 23.0 Å². The van der Waals surface area contributed by atoms with Crippen LogP contribution in [0.2, 0.25) is 0 Å². The second-order valence-electron chi connectivity index (χ2n) is 6.82. The number of nitrogens with one attached hydrogen (secondary N) is 1. The first-order valence-corrected chi connectivity index (χ1v) is 8.93. The number of hydrogen-bond acceptors (Lipinski definition) is 4. The zero-order valence-electron chi connectivity index (χ0n) is 14.9. The minimum absolute atomic E-state index is 0.0183. The number of carbonyl (C=O) groups excluding carboxylic acids is 1. The summed E-state index contributed by atoms with van der Waals surface area (Å²) in [5, 5.41) is 2.92. The van der Waals surface area contributed by atoms with Crippen LogP contribution in [-0.2, 0) is 11.2 Å². The third-order valence-electron chi connectivity index (χ3n) is 4.91. The lowest BCUT2D eigenvalue weighted by Crippen LogP contribution is -2.41. The van der Waals surface area contributed by atoms with E-state index in [4.69, 9.17) is 9.47 Å². The first-order valence-electron chi connectivity index (χ1n) is 8.93. The van der Waals surface area contributed by atoms with E-state index >= 15 is 0 Å². The maximum Gasteiger partial charge on any atom is 0.239 e. The predicted molar refractivity (Wildman–Crippen MR) is 96.0 cm³/mol. The second kappa shape index (κ2) is 7.06. The van der Waals surface area contributed by atoms with E-state index in [9.17, 15) is 13.6 Å². The topological polar surface area (TPSA) is 50.8 Å². The molecule has 4 rings (SSSR count). The van der Waals surface area contributed by atoms with Crippen molar-refractivity contribution in [2.24, 2.45) is 0 Å². The standard InChI is InChI=1S/C20H20F2N2O3/c1-12(13-4-5-17-18(8-13)27-11-26-17)23-19(25)10-24-6-2-3-14-7-15(21)9-16(22)20(14)24/h4-5,7-9,12H,2-3,6,10-11H2,1H3,(H,23,25). The van der Waals surface area contributed by atoms with Crippen LogP contribution >= 0.6 is 0 Å². The highest BCUT2D eigenvalue weighted by Gasteiger charge is 2.24. The molecule has 1 atom stereocenters. The molecule has 2 heterocycles. The van der Waals surface area contributed by atoms with E-state index < -0.39 is 11.6 Å². The highest BCUT2D eigenvalue weighted by Crippen LogP contribution is 2.34. The minimum Gasteiger partial charge on any atom is -0.454 e. The van der Waals surface area contributed by atoms with Crippen LogP contribution in [0.1, 0.15) is 30.5 Å². The average Bonchev–Trinajstić information content (AvgIpc) is 3.08. The van der Waals surface area contributed by atoms with Gasteiger partial charge in [-0.2, -0.15) is 0 Å². The summed E-state index contributed by atoms with van der Waals surface area (Å²) in [6, 6.07) is 7.49. The number of fused-ring (bicyclic) bond motifs is 2. The van der Waals surface area contributed by atoms with Gasteiger partial charge in [0.1, 0.15) is 11.6 Å². The molecule has 2 aliphatic heterocycles. The van der Waals surface area contributed by atoms with Gasteiger partial charge in [0.05, 0.1) is 18.3 Å². The van der Waals surface area contributed by atoms with Gasteiger partial charge in [0, 0.05) is 12.6 Å². The van der Waals surface area contributed by atoms with Gasteiger partial charge in [-0.3, -0.25) is 4.79 Å². The summed E-state index contributed by atoms with van der Waals surface area (Å²) < 4.78 is 38.3. The van der Waals surface area contributed by atoms with Crippen molar-refractivity contribution in [2.75, 3.05) is 24.8 Å². The molecule has 2 aliphatic rings. The van der Waals surface area contributed by atoms with Crippen molar-refractivity contribution in [3.63, 3.8) is 0 Å². The number of nitrogens with zero attached hydrogens (tertiary/aromatic N) is 1. The minimum atomic E-state index is -0.624. The van der Waals surface area contributed by atoms with Crippen molar-refractivity contribution in [1.82, 2.24) is 5.32 Å². The molecule has 7 heteroatoms. The zero-order chi connectivity index (χ0) is 19.0. The monoisotopic (exact) mass is 374 g/mol.